The third kappa shape index (κ3) is 7.96. The molecule has 1 heterocycles. The van der Waals surface area contributed by atoms with Gasteiger partial charge in [-0.25, -0.2) is 9.59 Å². The number of thioether (sulfide) groups is 1. The first-order valence-corrected chi connectivity index (χ1v) is 12.4. The number of carbonyl (C=O) groups is 5. The van der Waals surface area contributed by atoms with Crippen molar-refractivity contribution in [2.75, 3.05) is 24.9 Å². The van der Waals surface area contributed by atoms with Gasteiger partial charge in [-0.15, -0.1) is 0 Å². The van der Waals surface area contributed by atoms with E-state index in [2.05, 4.69) is 5.32 Å². The van der Waals surface area contributed by atoms with Crippen molar-refractivity contribution in [2.24, 2.45) is 0 Å². The molecule has 1 aliphatic heterocycles. The highest BCUT2D eigenvalue weighted by atomic mass is 127. The topological polar surface area (TPSA) is 153 Å². The van der Waals surface area contributed by atoms with Crippen molar-refractivity contribution in [3.63, 3.8) is 0 Å². The normalized spacial score (nSPS) is 26.3. The summed E-state index contributed by atoms with van der Waals surface area (Å²) in [5.41, 5.74) is 0. The quantitative estimate of drug-likeness (QED) is 0.172. The molecule has 0 spiro atoms. The summed E-state index contributed by atoms with van der Waals surface area (Å²) < 4.78 is 32.5. The summed E-state index contributed by atoms with van der Waals surface area (Å²) in [5, 5.41) is 1.97. The minimum Gasteiger partial charge on any atom is -0.465 e. The van der Waals surface area contributed by atoms with Gasteiger partial charge in [0.15, 0.2) is 12.2 Å². The number of carbonyl (C=O) groups excluding carboxylic acids is 5. The Morgan fingerprint density at radius 3 is 2.18 bits per heavy atom. The van der Waals surface area contributed by atoms with Crippen LogP contribution in [0.25, 0.3) is 0 Å². The lowest BCUT2D eigenvalue weighted by Gasteiger charge is -2.48. The zero-order valence-corrected chi connectivity index (χ0v) is 22.1. The largest absolute Gasteiger partial charge is 0.465 e. The van der Waals surface area contributed by atoms with Gasteiger partial charge >= 0.3 is 23.2 Å². The van der Waals surface area contributed by atoms with Crippen molar-refractivity contribution in [2.45, 2.75) is 63.4 Å². The zero-order valence-electron chi connectivity index (χ0n) is 19.1. The number of nitrogens with one attached hydrogen (secondary N) is 1. The monoisotopic (exact) mass is 605 g/mol. The molecule has 0 aromatic carbocycles. The second-order valence-corrected chi connectivity index (χ2v) is 8.57. The van der Waals surface area contributed by atoms with E-state index in [1.165, 1.54) is 20.3 Å². The van der Waals surface area contributed by atoms with Gasteiger partial charge in [0.05, 0.1) is 19.6 Å². The molecule has 1 N–H and O–H groups in total. The molecule has 14 heteroatoms. The van der Waals surface area contributed by atoms with Gasteiger partial charge in [0.1, 0.15) is 12.2 Å². The molecule has 33 heavy (non-hydrogen) atoms. The fraction of sp³-hybridized carbons (Fsp3) is 0.737. The van der Waals surface area contributed by atoms with Crippen LogP contribution in [-0.4, -0.2) is 90.3 Å². The molecule has 1 unspecified atom stereocenters. The summed E-state index contributed by atoms with van der Waals surface area (Å²) >= 11 is 2.73. The van der Waals surface area contributed by atoms with Gasteiger partial charge < -0.3 is 33.7 Å². The van der Waals surface area contributed by atoms with E-state index in [4.69, 9.17) is 28.4 Å². The number of amides is 1. The predicted molar refractivity (Wildman–Crippen MR) is 123 cm³/mol. The van der Waals surface area contributed by atoms with Crippen LogP contribution in [0, 0.1) is 0 Å². The van der Waals surface area contributed by atoms with E-state index in [1.54, 1.807) is 0 Å². The van der Waals surface area contributed by atoms with E-state index in [-0.39, 0.29) is 10.8 Å². The van der Waals surface area contributed by atoms with Crippen LogP contribution in [0.4, 0.5) is 4.79 Å². The Morgan fingerprint density at radius 1 is 1.12 bits per heavy atom. The molecule has 0 saturated carbocycles. The van der Waals surface area contributed by atoms with Crippen molar-refractivity contribution in [3.05, 3.63) is 0 Å². The van der Waals surface area contributed by atoms with Gasteiger partial charge in [-0.3, -0.25) is 14.4 Å². The predicted octanol–water partition coefficient (Wildman–Crippen LogP) is 0.962. The molecular weight excluding hydrogens is 577 g/mol. The van der Waals surface area contributed by atoms with Crippen LogP contribution in [0.2, 0.25) is 0 Å². The molecule has 12 nitrogen and oxygen atoms in total. The fourth-order valence-corrected chi connectivity index (χ4v) is 4.26. The lowest BCUT2D eigenvalue weighted by Crippen LogP contribution is -2.69. The van der Waals surface area contributed by atoms with Crippen LogP contribution in [0.1, 0.15) is 27.2 Å². The fourth-order valence-electron chi connectivity index (χ4n) is 3.36. The Bertz CT molecular complexity index is 751. The molecule has 1 amide bonds. The highest BCUT2D eigenvalue weighted by Crippen LogP contribution is 2.36. The second kappa shape index (κ2) is 13.3. The van der Waals surface area contributed by atoms with E-state index in [1.807, 2.05) is 22.6 Å². The standard InChI is InChI=1S/C19H28INO11S/c1-9(22)21-14-12(29-10(2)23)7-19(28-5,17(25)27-4)32-16(14)15(30-11(3)24)13(8-20)31-18(26)33-6/h12-16H,7-8H2,1-6H3,(H,21,22)/t12-,13-,14-,15-,16?,19+/m1/s1. The first-order valence-electron chi connectivity index (χ1n) is 9.68. The van der Waals surface area contributed by atoms with Gasteiger partial charge in [-0.05, 0) is 18.0 Å². The Kier molecular flexibility index (Phi) is 11.8. The first kappa shape index (κ1) is 29.4. The number of halogens is 1. The maximum Gasteiger partial charge on any atom is 0.367 e. The molecule has 1 saturated heterocycles. The maximum absolute atomic E-state index is 12.6. The highest BCUT2D eigenvalue weighted by molar-refractivity contribution is 14.1. The highest BCUT2D eigenvalue weighted by Gasteiger charge is 2.58. The third-order valence-corrected chi connectivity index (χ3v) is 5.92. The average molecular weight is 605 g/mol. The lowest BCUT2D eigenvalue weighted by atomic mass is 9.88. The molecule has 1 rings (SSSR count). The zero-order chi connectivity index (χ0) is 25.3. The molecule has 1 aliphatic rings. The minimum absolute atomic E-state index is 0.158. The van der Waals surface area contributed by atoms with Crippen LogP contribution in [-0.2, 0) is 47.6 Å². The van der Waals surface area contributed by atoms with Gasteiger partial charge in [0.25, 0.3) is 5.79 Å². The Balaban J connectivity index is 3.65. The average Bonchev–Trinajstić information content (AvgIpc) is 2.75. The summed E-state index contributed by atoms with van der Waals surface area (Å²) in [6.07, 6.45) is -3.67. The molecule has 0 aliphatic carbocycles. The van der Waals surface area contributed by atoms with E-state index >= 15 is 0 Å². The Labute approximate surface area is 209 Å². The summed E-state index contributed by atoms with van der Waals surface area (Å²) in [6.45, 7) is 3.52. The molecule has 0 bridgehead atoms. The molecule has 188 valence electrons. The molecule has 0 radical (unpaired) electrons. The van der Waals surface area contributed by atoms with Crippen molar-refractivity contribution in [1.82, 2.24) is 5.32 Å². The van der Waals surface area contributed by atoms with Crippen LogP contribution in [0.5, 0.6) is 0 Å². The number of rotatable bonds is 9. The molecule has 0 aromatic rings. The van der Waals surface area contributed by atoms with Gasteiger partial charge in [-0.1, -0.05) is 22.6 Å². The number of hydrogen-bond acceptors (Lipinski definition) is 12. The van der Waals surface area contributed by atoms with E-state index in [0.717, 1.165) is 32.7 Å². The van der Waals surface area contributed by atoms with Crippen LogP contribution >= 0.6 is 34.4 Å². The van der Waals surface area contributed by atoms with Crippen LogP contribution < -0.4 is 5.32 Å². The lowest BCUT2D eigenvalue weighted by molar-refractivity contribution is -0.305. The summed E-state index contributed by atoms with van der Waals surface area (Å²) in [5.74, 6) is -4.96. The van der Waals surface area contributed by atoms with Crippen molar-refractivity contribution in [3.8, 4) is 0 Å². The summed E-state index contributed by atoms with van der Waals surface area (Å²) in [7, 11) is 2.29. The number of methoxy groups -OCH3 is 2. The minimum atomic E-state index is -2.06. The van der Waals surface area contributed by atoms with E-state index < -0.39 is 65.4 Å². The number of alkyl halides is 1. The molecule has 1 fully saturated rings. The van der Waals surface area contributed by atoms with E-state index in [9.17, 15) is 24.0 Å². The molecule has 6 atom stereocenters. The van der Waals surface area contributed by atoms with E-state index in [0.29, 0.717) is 0 Å². The van der Waals surface area contributed by atoms with Gasteiger partial charge in [0.2, 0.25) is 5.91 Å². The molecular formula is C19H28INO11S. The summed E-state index contributed by atoms with van der Waals surface area (Å²) in [4.78, 5) is 60.4. The third-order valence-electron chi connectivity index (χ3n) is 4.62. The van der Waals surface area contributed by atoms with Crippen LogP contribution in [0.15, 0.2) is 0 Å². The van der Waals surface area contributed by atoms with Crippen molar-refractivity contribution < 1.29 is 52.4 Å². The first-order chi connectivity index (χ1) is 15.4. The SMILES string of the molecule is COC(=O)[C@]1(OC)C[C@@H](OC(C)=O)[C@@H](NC(C)=O)C([C@H](OC(C)=O)[C@@H](CI)OC(=O)SC)O1. The second-order valence-electron chi connectivity index (χ2n) is 6.95. The Hall–Kier alpha value is -1.65. The number of esters is 3. The van der Waals surface area contributed by atoms with Crippen molar-refractivity contribution >= 4 is 63.5 Å². The van der Waals surface area contributed by atoms with Crippen molar-refractivity contribution in [1.29, 1.82) is 0 Å². The maximum atomic E-state index is 12.6. The van der Waals surface area contributed by atoms with Crippen LogP contribution in [0.3, 0.4) is 0 Å². The smallest absolute Gasteiger partial charge is 0.367 e. The summed E-state index contributed by atoms with van der Waals surface area (Å²) in [6, 6.07) is -1.10. The Morgan fingerprint density at radius 2 is 1.76 bits per heavy atom. The van der Waals surface area contributed by atoms with Gasteiger partial charge in [0, 0.05) is 32.3 Å². The molecule has 0 aromatic heterocycles. The van der Waals surface area contributed by atoms with Gasteiger partial charge in [-0.2, -0.15) is 0 Å². The number of hydrogen-bond donors (Lipinski definition) is 1. The number of ether oxygens (including phenoxy) is 6.